The maximum atomic E-state index is 13.1. The third-order valence-electron chi connectivity index (χ3n) is 2.67. The molecule has 2 rings (SSSR count). The fourth-order valence-electron chi connectivity index (χ4n) is 1.72. The highest BCUT2D eigenvalue weighted by Crippen LogP contribution is 2.16. The third kappa shape index (κ3) is 3.55. The molecule has 0 spiro atoms. The highest BCUT2D eigenvalue weighted by Gasteiger charge is 2.06. The van der Waals surface area contributed by atoms with Gasteiger partial charge < -0.3 is 5.32 Å². The summed E-state index contributed by atoms with van der Waals surface area (Å²) in [5.74, 6) is -0.268. The number of rotatable bonds is 5. The van der Waals surface area contributed by atoms with Crippen LogP contribution in [0.2, 0.25) is 5.02 Å². The summed E-state index contributed by atoms with van der Waals surface area (Å²) in [7, 11) is 0. The van der Waals surface area contributed by atoms with E-state index in [9.17, 15) is 4.39 Å². The smallest absolute Gasteiger partial charge is 0.123 e. The lowest BCUT2D eigenvalue weighted by atomic mass is 10.2. The van der Waals surface area contributed by atoms with Gasteiger partial charge >= 0.3 is 0 Å². The van der Waals surface area contributed by atoms with Gasteiger partial charge in [0.25, 0.3) is 0 Å². The van der Waals surface area contributed by atoms with E-state index >= 15 is 0 Å². The summed E-state index contributed by atoms with van der Waals surface area (Å²) in [5, 5.41) is 8.01. The Labute approximate surface area is 111 Å². The highest BCUT2D eigenvalue weighted by molar-refractivity contribution is 6.31. The van der Waals surface area contributed by atoms with E-state index in [2.05, 4.69) is 17.3 Å². The van der Waals surface area contributed by atoms with Crippen molar-refractivity contribution in [3.63, 3.8) is 0 Å². The molecule has 1 aromatic carbocycles. The molecule has 0 amide bonds. The van der Waals surface area contributed by atoms with Gasteiger partial charge in [-0.2, -0.15) is 5.10 Å². The minimum absolute atomic E-state index is 0.226. The second kappa shape index (κ2) is 5.98. The Hall–Kier alpha value is -1.39. The first-order valence-corrected chi connectivity index (χ1v) is 6.17. The van der Waals surface area contributed by atoms with Gasteiger partial charge in [-0.15, -0.1) is 0 Å². The van der Waals surface area contributed by atoms with Crippen LogP contribution < -0.4 is 5.32 Å². The zero-order valence-corrected chi connectivity index (χ0v) is 10.9. The summed E-state index contributed by atoms with van der Waals surface area (Å²) in [6.45, 7) is 3.36. The summed E-state index contributed by atoms with van der Waals surface area (Å²) >= 11 is 6.00. The van der Waals surface area contributed by atoms with Crippen molar-refractivity contribution in [2.45, 2.75) is 26.1 Å². The zero-order chi connectivity index (χ0) is 13.0. The monoisotopic (exact) mass is 267 g/mol. The molecule has 3 nitrogen and oxygen atoms in total. The summed E-state index contributed by atoms with van der Waals surface area (Å²) in [4.78, 5) is 0. The molecule has 96 valence electrons. The predicted molar refractivity (Wildman–Crippen MR) is 69.9 cm³/mol. The molecule has 1 aromatic heterocycles. The van der Waals surface area contributed by atoms with Gasteiger partial charge in [-0.3, -0.25) is 4.68 Å². The topological polar surface area (TPSA) is 29.9 Å². The van der Waals surface area contributed by atoms with E-state index in [0.717, 1.165) is 12.1 Å². The molecule has 0 radical (unpaired) electrons. The molecule has 0 aliphatic rings. The van der Waals surface area contributed by atoms with Gasteiger partial charge in [0, 0.05) is 30.0 Å². The van der Waals surface area contributed by atoms with E-state index in [-0.39, 0.29) is 11.9 Å². The largest absolute Gasteiger partial charge is 0.308 e. The fraction of sp³-hybridized carbons (Fsp3) is 0.308. The van der Waals surface area contributed by atoms with Crippen molar-refractivity contribution >= 4 is 11.6 Å². The van der Waals surface area contributed by atoms with E-state index < -0.39 is 0 Å². The van der Waals surface area contributed by atoms with E-state index in [0.29, 0.717) is 11.6 Å². The van der Waals surface area contributed by atoms with Crippen LogP contribution in [0.4, 0.5) is 4.39 Å². The quantitative estimate of drug-likeness (QED) is 0.903. The first-order chi connectivity index (χ1) is 8.65. The number of hydrogen-bond acceptors (Lipinski definition) is 2. The molecular weight excluding hydrogens is 253 g/mol. The first kappa shape index (κ1) is 13.1. The van der Waals surface area contributed by atoms with Gasteiger partial charge in [0.2, 0.25) is 0 Å². The van der Waals surface area contributed by atoms with Crippen LogP contribution in [0.5, 0.6) is 0 Å². The summed E-state index contributed by atoms with van der Waals surface area (Å²) in [6, 6.07) is 6.50. The standard InChI is InChI=1S/C13H15ClFN3/c1-10(9-18-6-2-5-17-18)16-8-11-7-12(15)3-4-13(11)14/h2-7,10,16H,8-9H2,1H3. The second-order valence-corrected chi connectivity index (χ2v) is 4.65. The lowest BCUT2D eigenvalue weighted by molar-refractivity contribution is 0.450. The number of hydrogen-bond donors (Lipinski definition) is 1. The maximum absolute atomic E-state index is 13.1. The fourth-order valence-corrected chi connectivity index (χ4v) is 1.90. The average Bonchev–Trinajstić information content (AvgIpc) is 2.83. The summed E-state index contributed by atoms with van der Waals surface area (Å²) < 4.78 is 14.9. The second-order valence-electron chi connectivity index (χ2n) is 4.25. The third-order valence-corrected chi connectivity index (χ3v) is 3.04. The minimum Gasteiger partial charge on any atom is -0.308 e. The van der Waals surface area contributed by atoms with Crippen molar-refractivity contribution in [1.29, 1.82) is 0 Å². The number of nitrogens with one attached hydrogen (secondary N) is 1. The normalized spacial score (nSPS) is 12.6. The average molecular weight is 268 g/mol. The summed E-state index contributed by atoms with van der Waals surface area (Å²) in [6.07, 6.45) is 3.66. The molecule has 0 fully saturated rings. The molecule has 0 aliphatic heterocycles. The van der Waals surface area contributed by atoms with Crippen LogP contribution in [0, 0.1) is 5.82 Å². The Balaban J connectivity index is 1.89. The number of benzene rings is 1. The van der Waals surface area contributed by atoms with Crippen LogP contribution in [-0.4, -0.2) is 15.8 Å². The molecule has 1 N–H and O–H groups in total. The van der Waals surface area contributed by atoms with Gasteiger partial charge in [-0.05, 0) is 36.8 Å². The highest BCUT2D eigenvalue weighted by atomic mass is 35.5. The van der Waals surface area contributed by atoms with Crippen molar-refractivity contribution < 1.29 is 4.39 Å². The number of halogens is 2. The molecule has 2 aromatic rings. The molecule has 0 bridgehead atoms. The molecule has 5 heteroatoms. The van der Waals surface area contributed by atoms with Gasteiger partial charge in [0.15, 0.2) is 0 Å². The van der Waals surface area contributed by atoms with Crippen LogP contribution in [0.1, 0.15) is 12.5 Å². The molecule has 0 saturated carbocycles. The van der Waals surface area contributed by atoms with Crippen LogP contribution in [-0.2, 0) is 13.1 Å². The lowest BCUT2D eigenvalue weighted by Crippen LogP contribution is -2.30. The Kier molecular flexibility index (Phi) is 4.33. The SMILES string of the molecule is CC(Cn1cccn1)NCc1cc(F)ccc1Cl. The van der Waals surface area contributed by atoms with Gasteiger partial charge in [0.05, 0.1) is 6.54 Å². The zero-order valence-electron chi connectivity index (χ0n) is 10.1. The molecule has 1 heterocycles. The maximum Gasteiger partial charge on any atom is 0.123 e. The van der Waals surface area contributed by atoms with Crippen LogP contribution in [0.15, 0.2) is 36.7 Å². The van der Waals surface area contributed by atoms with Crippen molar-refractivity contribution in [3.05, 3.63) is 53.1 Å². The number of nitrogens with zero attached hydrogens (tertiary/aromatic N) is 2. The van der Waals surface area contributed by atoms with E-state index in [1.165, 1.54) is 12.1 Å². The molecule has 1 unspecified atom stereocenters. The Morgan fingerprint density at radius 1 is 1.50 bits per heavy atom. The predicted octanol–water partition coefficient (Wildman–Crippen LogP) is 2.85. The van der Waals surface area contributed by atoms with Crippen molar-refractivity contribution in [2.24, 2.45) is 0 Å². The molecular formula is C13H15ClFN3. The van der Waals surface area contributed by atoms with Crippen molar-refractivity contribution in [2.75, 3.05) is 0 Å². The van der Waals surface area contributed by atoms with E-state index in [1.807, 2.05) is 16.9 Å². The summed E-state index contributed by atoms with van der Waals surface area (Å²) in [5.41, 5.74) is 0.768. The minimum atomic E-state index is -0.268. The molecule has 1 atom stereocenters. The van der Waals surface area contributed by atoms with E-state index in [4.69, 9.17) is 11.6 Å². The lowest BCUT2D eigenvalue weighted by Gasteiger charge is -2.14. The van der Waals surface area contributed by atoms with Crippen LogP contribution in [0.3, 0.4) is 0 Å². The first-order valence-electron chi connectivity index (χ1n) is 5.80. The Morgan fingerprint density at radius 3 is 3.06 bits per heavy atom. The van der Waals surface area contributed by atoms with Gasteiger partial charge in [-0.1, -0.05) is 11.6 Å². The van der Waals surface area contributed by atoms with Gasteiger partial charge in [-0.25, -0.2) is 4.39 Å². The Morgan fingerprint density at radius 2 is 2.33 bits per heavy atom. The van der Waals surface area contributed by atoms with Crippen LogP contribution >= 0.6 is 11.6 Å². The van der Waals surface area contributed by atoms with Crippen molar-refractivity contribution in [3.8, 4) is 0 Å². The van der Waals surface area contributed by atoms with Crippen molar-refractivity contribution in [1.82, 2.24) is 15.1 Å². The molecule has 0 saturated heterocycles. The molecule has 18 heavy (non-hydrogen) atoms. The Bertz CT molecular complexity index is 499. The van der Waals surface area contributed by atoms with Crippen LogP contribution in [0.25, 0.3) is 0 Å². The van der Waals surface area contributed by atoms with E-state index in [1.54, 1.807) is 12.3 Å². The molecule has 0 aliphatic carbocycles. The van der Waals surface area contributed by atoms with Gasteiger partial charge in [0.1, 0.15) is 5.82 Å². The number of aromatic nitrogens is 2.